The van der Waals surface area contributed by atoms with Crippen molar-refractivity contribution in [3.05, 3.63) is 65.2 Å². The molecule has 0 bridgehead atoms. The number of carboxylic acid groups (broad SMARTS) is 1. The van der Waals surface area contributed by atoms with Gasteiger partial charge in [-0.1, -0.05) is 24.0 Å². The van der Waals surface area contributed by atoms with Crippen molar-refractivity contribution in [1.29, 1.82) is 0 Å². The third-order valence-electron chi connectivity index (χ3n) is 4.42. The molecule has 2 N–H and O–H groups in total. The number of hydrogen-bond acceptors (Lipinski definition) is 3. The van der Waals surface area contributed by atoms with Gasteiger partial charge in [0.25, 0.3) is 0 Å². The number of aromatic carboxylic acids is 1. The second-order valence-corrected chi connectivity index (χ2v) is 6.52. The highest BCUT2D eigenvalue weighted by molar-refractivity contribution is 5.91. The summed E-state index contributed by atoms with van der Waals surface area (Å²) < 4.78 is 5.32. The zero-order valence-corrected chi connectivity index (χ0v) is 14.9. The normalized spacial score (nSPS) is 14.1. The van der Waals surface area contributed by atoms with Gasteiger partial charge in [0.1, 0.15) is 0 Å². The van der Waals surface area contributed by atoms with Crippen molar-refractivity contribution in [2.45, 2.75) is 19.3 Å². The largest absolute Gasteiger partial charge is 0.478 e. The molecule has 1 fully saturated rings. The lowest BCUT2D eigenvalue weighted by molar-refractivity contribution is -0.117. The van der Waals surface area contributed by atoms with Crippen LogP contribution in [-0.2, 0) is 9.53 Å². The smallest absolute Gasteiger partial charge is 0.335 e. The summed E-state index contributed by atoms with van der Waals surface area (Å²) in [5.41, 5.74) is 2.29. The van der Waals surface area contributed by atoms with Crippen molar-refractivity contribution in [2.24, 2.45) is 5.92 Å². The van der Waals surface area contributed by atoms with Gasteiger partial charge in [0.2, 0.25) is 5.91 Å². The molecule has 27 heavy (non-hydrogen) atoms. The van der Waals surface area contributed by atoms with Gasteiger partial charge in [-0.05, 0) is 55.2 Å². The quantitative estimate of drug-likeness (QED) is 0.815. The number of rotatable bonds is 4. The first kappa shape index (κ1) is 18.7. The van der Waals surface area contributed by atoms with Crippen LogP contribution in [0.4, 0.5) is 5.69 Å². The zero-order valence-electron chi connectivity index (χ0n) is 14.9. The fraction of sp³-hybridized carbons (Fsp3) is 0.273. The molecule has 138 valence electrons. The number of hydrogen-bond donors (Lipinski definition) is 2. The van der Waals surface area contributed by atoms with E-state index in [0.29, 0.717) is 23.6 Å². The van der Waals surface area contributed by atoms with Crippen LogP contribution in [0.1, 0.15) is 40.7 Å². The Morgan fingerprint density at radius 1 is 1.04 bits per heavy atom. The number of carbonyl (C=O) groups is 2. The maximum Gasteiger partial charge on any atom is 0.335 e. The Balaban J connectivity index is 1.64. The fourth-order valence-corrected chi connectivity index (χ4v) is 2.97. The van der Waals surface area contributed by atoms with Crippen molar-refractivity contribution < 1.29 is 19.4 Å². The third-order valence-corrected chi connectivity index (χ3v) is 4.42. The second-order valence-electron chi connectivity index (χ2n) is 6.52. The minimum atomic E-state index is -0.979. The number of amides is 1. The van der Waals surface area contributed by atoms with Gasteiger partial charge in [-0.15, -0.1) is 0 Å². The molecule has 1 amide bonds. The monoisotopic (exact) mass is 363 g/mol. The molecule has 1 aliphatic rings. The summed E-state index contributed by atoms with van der Waals surface area (Å²) in [6.07, 6.45) is 2.35. The summed E-state index contributed by atoms with van der Waals surface area (Å²) in [7, 11) is 0. The van der Waals surface area contributed by atoms with Gasteiger partial charge in [-0.3, -0.25) is 4.79 Å². The molecule has 1 aliphatic heterocycles. The predicted molar refractivity (Wildman–Crippen MR) is 103 cm³/mol. The maximum atomic E-state index is 12.2. The van der Waals surface area contributed by atoms with Crippen LogP contribution >= 0.6 is 0 Å². The van der Waals surface area contributed by atoms with Crippen LogP contribution in [0.3, 0.4) is 0 Å². The molecule has 5 nitrogen and oxygen atoms in total. The molecular weight excluding hydrogens is 342 g/mol. The number of carbonyl (C=O) groups excluding carboxylic acids is 1. The first-order chi connectivity index (χ1) is 13.1. The van der Waals surface area contributed by atoms with Gasteiger partial charge in [0.15, 0.2) is 0 Å². The standard InChI is InChI=1S/C22H21NO4/c24-21(15-18-9-11-27-12-10-18)23-20-6-2-4-17(14-20)8-7-16-3-1-5-19(13-16)22(25)26/h1-6,13-14,18H,9-12,15H2,(H,23,24)(H,25,26). The summed E-state index contributed by atoms with van der Waals surface area (Å²) in [5, 5.41) is 12.0. The summed E-state index contributed by atoms with van der Waals surface area (Å²) >= 11 is 0. The minimum Gasteiger partial charge on any atom is -0.478 e. The Morgan fingerprint density at radius 3 is 2.41 bits per heavy atom. The van der Waals surface area contributed by atoms with Gasteiger partial charge in [-0.2, -0.15) is 0 Å². The molecule has 2 aromatic rings. The second kappa shape index (κ2) is 9.02. The van der Waals surface area contributed by atoms with Crippen LogP contribution < -0.4 is 5.32 Å². The van der Waals surface area contributed by atoms with Gasteiger partial charge in [-0.25, -0.2) is 4.79 Å². The van der Waals surface area contributed by atoms with E-state index in [0.717, 1.165) is 31.6 Å². The lowest BCUT2D eigenvalue weighted by Crippen LogP contribution is -2.22. The van der Waals surface area contributed by atoms with E-state index in [1.807, 2.05) is 24.3 Å². The molecule has 0 radical (unpaired) electrons. The highest BCUT2D eigenvalue weighted by Gasteiger charge is 2.17. The van der Waals surface area contributed by atoms with Crippen molar-refractivity contribution in [1.82, 2.24) is 0 Å². The molecule has 0 atom stereocenters. The Labute approximate surface area is 158 Å². The summed E-state index contributed by atoms with van der Waals surface area (Å²) in [4.78, 5) is 23.3. The number of nitrogens with one attached hydrogen (secondary N) is 1. The lowest BCUT2D eigenvalue weighted by Gasteiger charge is -2.21. The molecule has 1 heterocycles. The van der Waals surface area contributed by atoms with Crippen LogP contribution in [0.2, 0.25) is 0 Å². The van der Waals surface area contributed by atoms with Gasteiger partial charge < -0.3 is 15.2 Å². The SMILES string of the molecule is O=C(CC1CCOCC1)Nc1cccc(C#Cc2cccc(C(=O)O)c2)c1. The highest BCUT2D eigenvalue weighted by atomic mass is 16.5. The number of carboxylic acids is 1. The van der Waals surface area contributed by atoms with Gasteiger partial charge in [0, 0.05) is 36.4 Å². The predicted octanol–water partition coefficient (Wildman–Crippen LogP) is 3.54. The fourth-order valence-electron chi connectivity index (χ4n) is 2.97. The van der Waals surface area contributed by atoms with Crippen LogP contribution in [0, 0.1) is 17.8 Å². The zero-order chi connectivity index (χ0) is 19.1. The maximum absolute atomic E-state index is 12.2. The third kappa shape index (κ3) is 5.70. The van der Waals surface area contributed by atoms with E-state index in [4.69, 9.17) is 9.84 Å². The topological polar surface area (TPSA) is 75.6 Å². The van der Waals surface area contributed by atoms with E-state index >= 15 is 0 Å². The van der Waals surface area contributed by atoms with E-state index in [9.17, 15) is 9.59 Å². The van der Waals surface area contributed by atoms with E-state index < -0.39 is 5.97 Å². The van der Waals surface area contributed by atoms with Gasteiger partial charge >= 0.3 is 5.97 Å². The molecule has 0 unspecified atom stereocenters. The van der Waals surface area contributed by atoms with Gasteiger partial charge in [0.05, 0.1) is 5.56 Å². The van der Waals surface area contributed by atoms with Crippen LogP contribution in [-0.4, -0.2) is 30.2 Å². The van der Waals surface area contributed by atoms with E-state index in [1.54, 1.807) is 12.1 Å². The average molecular weight is 363 g/mol. The Hall–Kier alpha value is -3.10. The van der Waals surface area contributed by atoms with E-state index in [2.05, 4.69) is 17.2 Å². The van der Waals surface area contributed by atoms with Crippen molar-refractivity contribution >= 4 is 17.6 Å². The molecular formula is C22H21NO4. The number of anilines is 1. The highest BCUT2D eigenvalue weighted by Crippen LogP contribution is 2.19. The number of ether oxygens (including phenoxy) is 1. The van der Waals surface area contributed by atoms with Crippen molar-refractivity contribution in [3.63, 3.8) is 0 Å². The average Bonchev–Trinajstić information content (AvgIpc) is 2.67. The molecule has 0 saturated carbocycles. The summed E-state index contributed by atoms with van der Waals surface area (Å²) in [6, 6.07) is 13.8. The summed E-state index contributed by atoms with van der Waals surface area (Å²) in [6.45, 7) is 1.46. The van der Waals surface area contributed by atoms with Crippen molar-refractivity contribution in [2.75, 3.05) is 18.5 Å². The molecule has 0 aliphatic carbocycles. The van der Waals surface area contributed by atoms with E-state index in [-0.39, 0.29) is 11.5 Å². The molecule has 0 aromatic heterocycles. The van der Waals surface area contributed by atoms with Crippen LogP contribution in [0.15, 0.2) is 48.5 Å². The Bertz CT molecular complexity index is 888. The first-order valence-electron chi connectivity index (χ1n) is 8.93. The minimum absolute atomic E-state index is 0.00108. The molecule has 2 aromatic carbocycles. The van der Waals surface area contributed by atoms with Crippen LogP contribution in [0.5, 0.6) is 0 Å². The number of benzene rings is 2. The Kier molecular flexibility index (Phi) is 6.24. The van der Waals surface area contributed by atoms with Crippen molar-refractivity contribution in [3.8, 4) is 11.8 Å². The molecule has 3 rings (SSSR count). The first-order valence-corrected chi connectivity index (χ1v) is 8.93. The lowest BCUT2D eigenvalue weighted by atomic mass is 9.96. The van der Waals surface area contributed by atoms with E-state index in [1.165, 1.54) is 12.1 Å². The molecule has 1 saturated heterocycles. The Morgan fingerprint density at radius 2 is 1.70 bits per heavy atom. The molecule has 5 heteroatoms. The van der Waals surface area contributed by atoms with Crippen LogP contribution in [0.25, 0.3) is 0 Å². The molecule has 0 spiro atoms. The summed E-state index contributed by atoms with van der Waals surface area (Å²) in [5.74, 6) is 5.37.